The van der Waals surface area contributed by atoms with Crippen LogP contribution in [-0.2, 0) is 0 Å². The van der Waals surface area contributed by atoms with Crippen molar-refractivity contribution in [1.82, 2.24) is 0 Å². The summed E-state index contributed by atoms with van der Waals surface area (Å²) < 4.78 is 0. The Balaban J connectivity index is 2.80. The van der Waals surface area contributed by atoms with Crippen LogP contribution in [0.3, 0.4) is 0 Å². The number of aliphatic hydroxyl groups is 1. The minimum Gasteiger partial charge on any atom is -0.506 e. The first-order valence-electron chi connectivity index (χ1n) is 2.44. The first-order valence-corrected chi connectivity index (χ1v) is 2.44. The van der Waals surface area contributed by atoms with Gasteiger partial charge in [0.1, 0.15) is 5.76 Å². The molecule has 2 N–H and O–H groups in total. The molecule has 1 aliphatic rings. The van der Waals surface area contributed by atoms with Crippen LogP contribution in [0.25, 0.3) is 0 Å². The van der Waals surface area contributed by atoms with Crippen LogP contribution in [0.2, 0.25) is 0 Å². The van der Waals surface area contributed by atoms with E-state index in [0.717, 1.165) is 0 Å². The third-order valence-electron chi connectivity index (χ3n) is 1.02. The standard InChI is InChI=1S/C6H7NO/c7-5-3-1-2-4-6(5)8/h1-2,4,7-8H,3H2. The van der Waals surface area contributed by atoms with Crippen molar-refractivity contribution in [2.24, 2.45) is 0 Å². The van der Waals surface area contributed by atoms with E-state index < -0.39 is 0 Å². The van der Waals surface area contributed by atoms with Crippen molar-refractivity contribution in [3.05, 3.63) is 24.0 Å². The highest BCUT2D eigenvalue weighted by Crippen LogP contribution is 2.03. The van der Waals surface area contributed by atoms with E-state index >= 15 is 0 Å². The summed E-state index contributed by atoms with van der Waals surface area (Å²) in [5.41, 5.74) is 0.299. The predicted molar refractivity (Wildman–Crippen MR) is 32.2 cm³/mol. The second-order valence-electron chi connectivity index (χ2n) is 1.66. The number of hydrogen-bond acceptors (Lipinski definition) is 2. The van der Waals surface area contributed by atoms with Crippen LogP contribution in [0.5, 0.6) is 0 Å². The summed E-state index contributed by atoms with van der Waals surface area (Å²) in [4.78, 5) is 0. The fraction of sp³-hybridized carbons (Fsp3) is 0.167. The highest BCUT2D eigenvalue weighted by molar-refractivity contribution is 5.97. The van der Waals surface area contributed by atoms with Crippen LogP contribution in [0.1, 0.15) is 6.42 Å². The lowest BCUT2D eigenvalue weighted by molar-refractivity contribution is 0.440. The van der Waals surface area contributed by atoms with Crippen LogP contribution in [0.4, 0.5) is 0 Å². The lowest BCUT2D eigenvalue weighted by Crippen LogP contribution is -2.00. The molecule has 0 atom stereocenters. The first-order chi connectivity index (χ1) is 3.80. The van der Waals surface area contributed by atoms with E-state index in [2.05, 4.69) is 0 Å². The maximum atomic E-state index is 8.76. The topological polar surface area (TPSA) is 44.1 Å². The molecule has 0 spiro atoms. The van der Waals surface area contributed by atoms with Crippen molar-refractivity contribution in [3.8, 4) is 0 Å². The predicted octanol–water partition coefficient (Wildman–Crippen LogP) is 1.41. The van der Waals surface area contributed by atoms with Gasteiger partial charge in [0, 0.05) is 6.42 Å². The minimum absolute atomic E-state index is 0.0903. The average molecular weight is 109 g/mol. The van der Waals surface area contributed by atoms with E-state index in [-0.39, 0.29) is 5.76 Å². The number of hydrogen-bond donors (Lipinski definition) is 2. The lowest BCUT2D eigenvalue weighted by Gasteiger charge is -2.00. The first kappa shape index (κ1) is 5.09. The van der Waals surface area contributed by atoms with Gasteiger partial charge in [-0.25, -0.2) is 0 Å². The second kappa shape index (κ2) is 1.82. The minimum atomic E-state index is 0.0903. The monoisotopic (exact) mass is 109 g/mol. The number of allylic oxidation sites excluding steroid dienone is 4. The summed E-state index contributed by atoms with van der Waals surface area (Å²) in [5, 5.41) is 15.8. The van der Waals surface area contributed by atoms with Crippen LogP contribution in [0.15, 0.2) is 24.0 Å². The highest BCUT2D eigenvalue weighted by atomic mass is 16.3. The summed E-state index contributed by atoms with van der Waals surface area (Å²) in [6, 6.07) is 0. The molecule has 0 bridgehead atoms. The van der Waals surface area contributed by atoms with Crippen molar-refractivity contribution in [2.75, 3.05) is 0 Å². The summed E-state index contributed by atoms with van der Waals surface area (Å²) in [6.07, 6.45) is 5.66. The van der Waals surface area contributed by atoms with E-state index in [4.69, 9.17) is 10.5 Å². The SMILES string of the molecule is N=C1CC=CC=C1O. The molecule has 0 aromatic carbocycles. The molecule has 0 amide bonds. The Morgan fingerprint density at radius 1 is 1.62 bits per heavy atom. The van der Waals surface area contributed by atoms with Gasteiger partial charge in [0.15, 0.2) is 0 Å². The smallest absolute Gasteiger partial charge is 0.136 e. The molecule has 0 aromatic heterocycles. The van der Waals surface area contributed by atoms with E-state index in [1.807, 2.05) is 6.08 Å². The summed E-state index contributed by atoms with van der Waals surface area (Å²) in [7, 11) is 0. The van der Waals surface area contributed by atoms with Crippen LogP contribution < -0.4 is 0 Å². The van der Waals surface area contributed by atoms with Gasteiger partial charge >= 0.3 is 0 Å². The maximum absolute atomic E-state index is 8.76. The van der Waals surface area contributed by atoms with E-state index in [1.165, 1.54) is 6.08 Å². The molecule has 2 nitrogen and oxygen atoms in total. The van der Waals surface area contributed by atoms with Gasteiger partial charge in [-0.15, -0.1) is 0 Å². The normalized spacial score (nSPS) is 18.5. The van der Waals surface area contributed by atoms with Crippen LogP contribution in [-0.4, -0.2) is 10.8 Å². The summed E-state index contributed by atoms with van der Waals surface area (Å²) in [5.74, 6) is 0.0903. The van der Waals surface area contributed by atoms with Gasteiger partial charge in [-0.05, 0) is 6.08 Å². The molecule has 1 aliphatic carbocycles. The number of aliphatic hydroxyl groups excluding tert-OH is 1. The third kappa shape index (κ3) is 0.780. The zero-order valence-electron chi connectivity index (χ0n) is 4.39. The van der Waals surface area contributed by atoms with Crippen LogP contribution >= 0.6 is 0 Å². The third-order valence-corrected chi connectivity index (χ3v) is 1.02. The van der Waals surface area contributed by atoms with Gasteiger partial charge in [-0.2, -0.15) is 0 Å². The van der Waals surface area contributed by atoms with Gasteiger partial charge in [-0.1, -0.05) is 12.2 Å². The molecule has 0 fully saturated rings. The van der Waals surface area contributed by atoms with Gasteiger partial charge in [0.2, 0.25) is 0 Å². The molecule has 0 unspecified atom stereocenters. The van der Waals surface area contributed by atoms with Crippen molar-refractivity contribution in [1.29, 1.82) is 5.41 Å². The Labute approximate surface area is 47.7 Å². The zero-order valence-corrected chi connectivity index (χ0v) is 4.39. The average Bonchev–Trinajstić information content (AvgIpc) is 1.77. The molecule has 0 saturated heterocycles. The fourth-order valence-electron chi connectivity index (χ4n) is 0.550. The van der Waals surface area contributed by atoms with E-state index in [9.17, 15) is 0 Å². The Bertz CT molecular complexity index is 167. The van der Waals surface area contributed by atoms with Crippen LogP contribution in [0, 0.1) is 5.41 Å². The summed E-state index contributed by atoms with van der Waals surface area (Å²) >= 11 is 0. The Kier molecular flexibility index (Phi) is 1.16. The quantitative estimate of drug-likeness (QED) is 0.485. The molecular weight excluding hydrogens is 102 g/mol. The molecule has 2 heteroatoms. The van der Waals surface area contributed by atoms with Gasteiger partial charge in [0.05, 0.1) is 5.71 Å². The van der Waals surface area contributed by atoms with Crippen molar-refractivity contribution < 1.29 is 5.11 Å². The fourth-order valence-corrected chi connectivity index (χ4v) is 0.550. The molecule has 0 saturated carbocycles. The largest absolute Gasteiger partial charge is 0.506 e. The molecular formula is C6H7NO. The van der Waals surface area contributed by atoms with Crippen molar-refractivity contribution in [2.45, 2.75) is 6.42 Å². The second-order valence-corrected chi connectivity index (χ2v) is 1.66. The van der Waals surface area contributed by atoms with Crippen molar-refractivity contribution >= 4 is 5.71 Å². The molecule has 0 aliphatic heterocycles. The highest BCUT2D eigenvalue weighted by Gasteiger charge is 2.01. The lowest BCUT2D eigenvalue weighted by atomic mass is 10.1. The number of nitrogens with one attached hydrogen (secondary N) is 1. The molecule has 0 aromatic rings. The van der Waals surface area contributed by atoms with Gasteiger partial charge < -0.3 is 10.5 Å². The molecule has 8 heavy (non-hydrogen) atoms. The Morgan fingerprint density at radius 2 is 2.38 bits per heavy atom. The molecule has 0 radical (unpaired) electrons. The Morgan fingerprint density at radius 3 is 2.75 bits per heavy atom. The van der Waals surface area contributed by atoms with Gasteiger partial charge in [-0.3, -0.25) is 0 Å². The van der Waals surface area contributed by atoms with E-state index in [0.29, 0.717) is 12.1 Å². The molecule has 1 rings (SSSR count). The summed E-state index contributed by atoms with van der Waals surface area (Å²) in [6.45, 7) is 0. The molecule has 0 heterocycles. The number of rotatable bonds is 0. The van der Waals surface area contributed by atoms with E-state index in [1.54, 1.807) is 6.08 Å². The Hall–Kier alpha value is -1.05. The zero-order chi connectivity index (χ0) is 5.98. The van der Waals surface area contributed by atoms with Crippen molar-refractivity contribution in [3.63, 3.8) is 0 Å². The molecule has 42 valence electrons. The van der Waals surface area contributed by atoms with Gasteiger partial charge in [0.25, 0.3) is 0 Å². The maximum Gasteiger partial charge on any atom is 0.136 e.